The Morgan fingerprint density at radius 2 is 2.17 bits per heavy atom. The van der Waals surface area contributed by atoms with Crippen molar-refractivity contribution in [2.45, 2.75) is 45.2 Å². The largest absolute Gasteiger partial charge is 0.381 e. The van der Waals surface area contributed by atoms with E-state index in [1.54, 1.807) is 0 Å². The molecular formula is C18H27N3O2. The van der Waals surface area contributed by atoms with Crippen LogP contribution in [0, 0.1) is 5.92 Å². The molecule has 1 aromatic rings. The van der Waals surface area contributed by atoms with E-state index in [2.05, 4.69) is 22.3 Å². The number of nitrogens with one attached hydrogen (secondary N) is 1. The van der Waals surface area contributed by atoms with E-state index in [9.17, 15) is 4.79 Å². The zero-order chi connectivity index (χ0) is 16.1. The topological polar surface area (TPSA) is 54.5 Å². The predicted octanol–water partition coefficient (Wildman–Crippen LogP) is 2.28. The molecule has 2 aliphatic rings. The molecule has 0 radical (unpaired) electrons. The number of pyridine rings is 1. The van der Waals surface area contributed by atoms with Crippen LogP contribution in [-0.2, 0) is 16.1 Å². The molecule has 0 aliphatic carbocycles. The lowest BCUT2D eigenvalue weighted by Gasteiger charge is -2.30. The third-order valence-corrected chi connectivity index (χ3v) is 4.89. The zero-order valence-electron chi connectivity index (χ0n) is 14.0. The Bertz CT molecular complexity index is 529. The molecule has 2 aliphatic heterocycles. The smallest absolute Gasteiger partial charge is 0.217 e. The first-order chi connectivity index (χ1) is 11.2. The van der Waals surface area contributed by atoms with Crippen LogP contribution in [0.2, 0.25) is 0 Å². The number of ether oxygens (including phenoxy) is 1. The number of carbonyl (C=O) groups is 1. The van der Waals surface area contributed by atoms with Crippen molar-refractivity contribution >= 4 is 5.91 Å². The van der Waals surface area contributed by atoms with E-state index in [1.807, 2.05) is 6.07 Å². The Kier molecular flexibility index (Phi) is 5.62. The number of aromatic nitrogens is 1. The summed E-state index contributed by atoms with van der Waals surface area (Å²) in [5.74, 6) is 0.742. The number of rotatable bonds is 5. The first kappa shape index (κ1) is 16.4. The van der Waals surface area contributed by atoms with E-state index in [4.69, 9.17) is 9.72 Å². The van der Waals surface area contributed by atoms with Crippen LogP contribution >= 0.6 is 0 Å². The van der Waals surface area contributed by atoms with E-state index >= 15 is 0 Å². The van der Waals surface area contributed by atoms with E-state index in [0.29, 0.717) is 12.6 Å². The molecule has 5 nitrogen and oxygen atoms in total. The highest BCUT2D eigenvalue weighted by atomic mass is 16.5. The minimum atomic E-state index is -0.0146. The molecule has 126 valence electrons. The standard InChI is InChI=1S/C18H27N3O2/c1-14(22)19-12-16-4-2-5-17(20-16)18-6-3-9-21(18)13-15-7-10-23-11-8-15/h2,4-5,15,18H,3,6-13H2,1H3,(H,19,22)/t18-/m1/s1. The van der Waals surface area contributed by atoms with Gasteiger partial charge in [0.25, 0.3) is 0 Å². The Hall–Kier alpha value is -1.46. The van der Waals surface area contributed by atoms with Gasteiger partial charge in [0.15, 0.2) is 0 Å². The highest BCUT2D eigenvalue weighted by Crippen LogP contribution is 2.32. The summed E-state index contributed by atoms with van der Waals surface area (Å²) in [4.78, 5) is 18.5. The van der Waals surface area contributed by atoms with Gasteiger partial charge in [-0.2, -0.15) is 0 Å². The van der Waals surface area contributed by atoms with Gasteiger partial charge >= 0.3 is 0 Å². The second-order valence-electron chi connectivity index (χ2n) is 6.67. The number of hydrogen-bond donors (Lipinski definition) is 1. The third-order valence-electron chi connectivity index (χ3n) is 4.89. The number of amides is 1. The number of carbonyl (C=O) groups excluding carboxylic acids is 1. The van der Waals surface area contributed by atoms with Crippen molar-refractivity contribution in [2.24, 2.45) is 5.92 Å². The highest BCUT2D eigenvalue weighted by Gasteiger charge is 2.29. The van der Waals surface area contributed by atoms with Gasteiger partial charge < -0.3 is 10.1 Å². The molecule has 1 aromatic heterocycles. The lowest BCUT2D eigenvalue weighted by Crippen LogP contribution is -2.32. The summed E-state index contributed by atoms with van der Waals surface area (Å²) in [5, 5.41) is 2.83. The summed E-state index contributed by atoms with van der Waals surface area (Å²) in [6, 6.07) is 6.60. The molecule has 5 heteroatoms. The van der Waals surface area contributed by atoms with Crippen LogP contribution in [0.3, 0.4) is 0 Å². The quantitative estimate of drug-likeness (QED) is 0.905. The maximum Gasteiger partial charge on any atom is 0.217 e. The summed E-state index contributed by atoms with van der Waals surface area (Å²) in [5.41, 5.74) is 2.09. The highest BCUT2D eigenvalue weighted by molar-refractivity contribution is 5.72. The summed E-state index contributed by atoms with van der Waals surface area (Å²) in [6.07, 6.45) is 4.78. The van der Waals surface area contributed by atoms with Gasteiger partial charge in [0.05, 0.1) is 24.0 Å². The normalized spacial score (nSPS) is 23.1. The van der Waals surface area contributed by atoms with Crippen LogP contribution in [0.15, 0.2) is 18.2 Å². The molecule has 0 spiro atoms. The fraction of sp³-hybridized carbons (Fsp3) is 0.667. The molecule has 0 aromatic carbocycles. The molecule has 0 unspecified atom stereocenters. The van der Waals surface area contributed by atoms with Crippen LogP contribution in [0.25, 0.3) is 0 Å². The third kappa shape index (κ3) is 4.52. The Morgan fingerprint density at radius 3 is 2.96 bits per heavy atom. The molecule has 23 heavy (non-hydrogen) atoms. The van der Waals surface area contributed by atoms with Gasteiger partial charge in [-0.1, -0.05) is 6.07 Å². The number of likely N-dealkylation sites (tertiary alicyclic amines) is 1. The summed E-state index contributed by atoms with van der Waals surface area (Å²) < 4.78 is 5.47. The molecule has 1 atom stereocenters. The van der Waals surface area contributed by atoms with Crippen molar-refractivity contribution in [1.29, 1.82) is 0 Å². The maximum atomic E-state index is 11.1. The molecule has 2 saturated heterocycles. The van der Waals surface area contributed by atoms with Crippen LogP contribution in [0.1, 0.15) is 50.0 Å². The van der Waals surface area contributed by atoms with Crippen molar-refractivity contribution in [3.8, 4) is 0 Å². The van der Waals surface area contributed by atoms with Crippen molar-refractivity contribution in [2.75, 3.05) is 26.3 Å². The Labute approximate surface area is 138 Å². The van der Waals surface area contributed by atoms with Crippen molar-refractivity contribution in [3.63, 3.8) is 0 Å². The first-order valence-corrected chi connectivity index (χ1v) is 8.74. The minimum absolute atomic E-state index is 0.0146. The molecule has 1 amide bonds. The molecule has 3 heterocycles. The van der Waals surface area contributed by atoms with Crippen molar-refractivity contribution in [1.82, 2.24) is 15.2 Å². The van der Waals surface area contributed by atoms with Gasteiger partial charge in [-0.3, -0.25) is 14.7 Å². The number of hydrogen-bond acceptors (Lipinski definition) is 4. The number of nitrogens with zero attached hydrogens (tertiary/aromatic N) is 2. The van der Waals surface area contributed by atoms with Crippen LogP contribution in [0.4, 0.5) is 0 Å². The fourth-order valence-corrected chi connectivity index (χ4v) is 3.64. The lowest BCUT2D eigenvalue weighted by atomic mass is 9.99. The molecule has 0 bridgehead atoms. The van der Waals surface area contributed by atoms with E-state index in [-0.39, 0.29) is 5.91 Å². The van der Waals surface area contributed by atoms with Crippen molar-refractivity contribution < 1.29 is 9.53 Å². The van der Waals surface area contributed by atoms with Gasteiger partial charge in [-0.25, -0.2) is 0 Å². The molecular weight excluding hydrogens is 290 g/mol. The van der Waals surface area contributed by atoms with Crippen molar-refractivity contribution in [3.05, 3.63) is 29.6 Å². The average Bonchev–Trinajstić information content (AvgIpc) is 3.02. The monoisotopic (exact) mass is 317 g/mol. The molecule has 3 rings (SSSR count). The first-order valence-electron chi connectivity index (χ1n) is 8.74. The van der Waals surface area contributed by atoms with Gasteiger partial charge in [0.1, 0.15) is 0 Å². The average molecular weight is 317 g/mol. The SMILES string of the molecule is CC(=O)NCc1cccc([C@H]2CCCN2CC2CCOCC2)n1. The van der Waals surface area contributed by atoms with Gasteiger partial charge in [-0.15, -0.1) is 0 Å². The second kappa shape index (κ2) is 7.88. The molecule has 0 saturated carbocycles. The van der Waals surface area contributed by atoms with Gasteiger partial charge in [-0.05, 0) is 50.3 Å². The van der Waals surface area contributed by atoms with E-state index in [1.165, 1.54) is 39.2 Å². The fourth-order valence-electron chi connectivity index (χ4n) is 3.64. The maximum absolute atomic E-state index is 11.1. The van der Waals surface area contributed by atoms with Gasteiger partial charge in [0, 0.05) is 26.7 Å². The van der Waals surface area contributed by atoms with E-state index < -0.39 is 0 Å². The lowest BCUT2D eigenvalue weighted by molar-refractivity contribution is -0.119. The van der Waals surface area contributed by atoms with Crippen LogP contribution in [0.5, 0.6) is 0 Å². The van der Waals surface area contributed by atoms with Crippen LogP contribution in [-0.4, -0.2) is 42.1 Å². The predicted molar refractivity (Wildman–Crippen MR) is 88.8 cm³/mol. The summed E-state index contributed by atoms with van der Waals surface area (Å²) in [7, 11) is 0. The minimum Gasteiger partial charge on any atom is -0.381 e. The van der Waals surface area contributed by atoms with E-state index in [0.717, 1.165) is 37.1 Å². The summed E-state index contributed by atoms with van der Waals surface area (Å²) >= 11 is 0. The Balaban J connectivity index is 1.64. The van der Waals surface area contributed by atoms with Gasteiger partial charge in [0.2, 0.25) is 5.91 Å². The molecule has 1 N–H and O–H groups in total. The Morgan fingerprint density at radius 1 is 1.35 bits per heavy atom. The van der Waals surface area contributed by atoms with Crippen LogP contribution < -0.4 is 5.32 Å². The molecule has 2 fully saturated rings. The second-order valence-corrected chi connectivity index (χ2v) is 6.67. The summed E-state index contributed by atoms with van der Waals surface area (Å²) in [6.45, 7) is 6.19. The zero-order valence-corrected chi connectivity index (χ0v) is 14.0.